The first-order valence-electron chi connectivity index (χ1n) is 7.24. The molecule has 0 amide bonds. The second-order valence-electron chi connectivity index (χ2n) is 5.63. The smallest absolute Gasteiger partial charge is 0.0408 e. The molecule has 0 saturated heterocycles. The molecule has 4 rings (SSSR count). The Kier molecular flexibility index (Phi) is 3.05. The molecule has 0 bridgehead atoms. The summed E-state index contributed by atoms with van der Waals surface area (Å²) in [7, 11) is 0. The van der Waals surface area contributed by atoms with E-state index in [0.717, 1.165) is 17.9 Å². The van der Waals surface area contributed by atoms with Gasteiger partial charge >= 0.3 is 0 Å². The van der Waals surface area contributed by atoms with Crippen LogP contribution in [0.5, 0.6) is 0 Å². The fraction of sp³-hybridized carbons (Fsp3) is 0.100. The number of benzene rings is 3. The van der Waals surface area contributed by atoms with Crippen molar-refractivity contribution in [1.82, 2.24) is 0 Å². The molecule has 1 heteroatoms. The third-order valence-electron chi connectivity index (χ3n) is 4.16. The fourth-order valence-electron chi connectivity index (χ4n) is 3.19. The molecule has 0 saturated carbocycles. The van der Waals surface area contributed by atoms with Crippen molar-refractivity contribution in [3.63, 3.8) is 0 Å². The Bertz CT molecular complexity index is 818. The summed E-state index contributed by atoms with van der Waals surface area (Å²) in [5.74, 6) is 0. The van der Waals surface area contributed by atoms with Gasteiger partial charge in [0.25, 0.3) is 0 Å². The SMILES string of the molecule is Clc1cccc(Cc2ccc3c(c2)Cc2ccccc2-3)c1. The summed E-state index contributed by atoms with van der Waals surface area (Å²) in [4.78, 5) is 0. The van der Waals surface area contributed by atoms with Crippen molar-refractivity contribution < 1.29 is 0 Å². The van der Waals surface area contributed by atoms with E-state index in [0.29, 0.717) is 0 Å². The molecule has 3 aromatic carbocycles. The van der Waals surface area contributed by atoms with E-state index in [1.807, 2.05) is 18.2 Å². The highest BCUT2D eigenvalue weighted by molar-refractivity contribution is 6.30. The highest BCUT2D eigenvalue weighted by Crippen LogP contribution is 2.36. The topological polar surface area (TPSA) is 0 Å². The monoisotopic (exact) mass is 290 g/mol. The Morgan fingerprint density at radius 1 is 0.714 bits per heavy atom. The molecule has 0 aromatic heterocycles. The Morgan fingerprint density at radius 3 is 2.43 bits per heavy atom. The van der Waals surface area contributed by atoms with Gasteiger partial charge < -0.3 is 0 Å². The summed E-state index contributed by atoms with van der Waals surface area (Å²) in [6, 6.07) is 23.6. The van der Waals surface area contributed by atoms with Crippen LogP contribution < -0.4 is 0 Å². The molecule has 0 radical (unpaired) electrons. The van der Waals surface area contributed by atoms with Crippen LogP contribution in [0.4, 0.5) is 0 Å². The van der Waals surface area contributed by atoms with Crippen molar-refractivity contribution in [2.24, 2.45) is 0 Å². The van der Waals surface area contributed by atoms with Crippen molar-refractivity contribution in [3.05, 3.63) is 94.0 Å². The van der Waals surface area contributed by atoms with Crippen molar-refractivity contribution >= 4 is 11.6 Å². The van der Waals surface area contributed by atoms with Gasteiger partial charge in [0.15, 0.2) is 0 Å². The third-order valence-corrected chi connectivity index (χ3v) is 4.39. The maximum atomic E-state index is 6.07. The lowest BCUT2D eigenvalue weighted by atomic mass is 9.99. The number of halogens is 1. The van der Waals surface area contributed by atoms with Crippen molar-refractivity contribution in [2.45, 2.75) is 12.8 Å². The molecule has 0 nitrogen and oxygen atoms in total. The first-order chi connectivity index (χ1) is 10.3. The first kappa shape index (κ1) is 12.7. The lowest BCUT2D eigenvalue weighted by Crippen LogP contribution is -1.90. The van der Waals surface area contributed by atoms with Crippen molar-refractivity contribution in [1.29, 1.82) is 0 Å². The number of hydrogen-bond acceptors (Lipinski definition) is 0. The second kappa shape index (κ2) is 5.05. The van der Waals surface area contributed by atoms with Gasteiger partial charge in [-0.15, -0.1) is 0 Å². The highest BCUT2D eigenvalue weighted by Gasteiger charge is 2.17. The van der Waals surface area contributed by atoms with E-state index in [2.05, 4.69) is 48.5 Å². The zero-order valence-corrected chi connectivity index (χ0v) is 12.4. The molecule has 0 heterocycles. The lowest BCUT2D eigenvalue weighted by Gasteiger charge is -2.06. The van der Waals surface area contributed by atoms with Crippen LogP contribution in [0, 0.1) is 0 Å². The van der Waals surface area contributed by atoms with E-state index in [1.165, 1.54) is 33.4 Å². The Hall–Kier alpha value is -2.05. The molecule has 21 heavy (non-hydrogen) atoms. The van der Waals surface area contributed by atoms with Gasteiger partial charge in [-0.25, -0.2) is 0 Å². The molecule has 0 N–H and O–H groups in total. The van der Waals surface area contributed by atoms with Gasteiger partial charge in [-0.1, -0.05) is 66.2 Å². The largest absolute Gasteiger partial charge is 0.0843 e. The van der Waals surface area contributed by atoms with Gasteiger partial charge in [0.05, 0.1) is 0 Å². The predicted molar refractivity (Wildman–Crippen MR) is 88.9 cm³/mol. The minimum Gasteiger partial charge on any atom is -0.0843 e. The molecule has 1 aliphatic rings. The average Bonchev–Trinajstić information content (AvgIpc) is 2.85. The summed E-state index contributed by atoms with van der Waals surface area (Å²) in [5.41, 5.74) is 8.27. The van der Waals surface area contributed by atoms with Crippen LogP contribution >= 0.6 is 11.6 Å². The van der Waals surface area contributed by atoms with Gasteiger partial charge in [-0.3, -0.25) is 0 Å². The Balaban J connectivity index is 1.67. The van der Waals surface area contributed by atoms with Crippen LogP contribution in [0.1, 0.15) is 22.3 Å². The van der Waals surface area contributed by atoms with E-state index in [9.17, 15) is 0 Å². The molecule has 0 atom stereocenters. The number of rotatable bonds is 2. The summed E-state index contributed by atoms with van der Waals surface area (Å²) in [5, 5.41) is 0.807. The van der Waals surface area contributed by atoms with Gasteiger partial charge in [0.1, 0.15) is 0 Å². The fourth-order valence-corrected chi connectivity index (χ4v) is 3.40. The van der Waals surface area contributed by atoms with E-state index in [1.54, 1.807) is 0 Å². The van der Waals surface area contributed by atoms with Crippen molar-refractivity contribution in [3.8, 4) is 11.1 Å². The van der Waals surface area contributed by atoms with Crippen LogP contribution in [-0.2, 0) is 12.8 Å². The number of fused-ring (bicyclic) bond motifs is 3. The molecule has 1 aliphatic carbocycles. The molecular formula is C20H15Cl. The van der Waals surface area contributed by atoms with Crippen LogP contribution in [0.25, 0.3) is 11.1 Å². The quantitative estimate of drug-likeness (QED) is 0.457. The molecule has 0 fully saturated rings. The van der Waals surface area contributed by atoms with Crippen LogP contribution in [-0.4, -0.2) is 0 Å². The minimum absolute atomic E-state index is 0.807. The van der Waals surface area contributed by atoms with E-state index in [4.69, 9.17) is 11.6 Å². The standard InChI is InChI=1S/C20H15Cl/c21-18-6-3-4-14(12-18)10-15-8-9-20-17(11-15)13-16-5-1-2-7-19(16)20/h1-9,11-12H,10,13H2. The second-order valence-corrected chi connectivity index (χ2v) is 6.07. The maximum absolute atomic E-state index is 6.07. The van der Waals surface area contributed by atoms with Gasteiger partial charge in [0.2, 0.25) is 0 Å². The molecule has 0 unspecified atom stereocenters. The Labute approximate surface area is 130 Å². The van der Waals surface area contributed by atoms with Crippen LogP contribution in [0.3, 0.4) is 0 Å². The normalized spacial score (nSPS) is 12.0. The third kappa shape index (κ3) is 2.36. The zero-order valence-electron chi connectivity index (χ0n) is 11.6. The minimum atomic E-state index is 0.807. The molecule has 102 valence electrons. The summed E-state index contributed by atoms with van der Waals surface area (Å²) in [6.45, 7) is 0. The van der Waals surface area contributed by atoms with Crippen LogP contribution in [0.2, 0.25) is 5.02 Å². The maximum Gasteiger partial charge on any atom is 0.0408 e. The molecule has 0 spiro atoms. The molecule has 0 aliphatic heterocycles. The number of hydrogen-bond donors (Lipinski definition) is 0. The van der Waals surface area contributed by atoms with E-state index >= 15 is 0 Å². The highest BCUT2D eigenvalue weighted by atomic mass is 35.5. The van der Waals surface area contributed by atoms with E-state index < -0.39 is 0 Å². The summed E-state index contributed by atoms with van der Waals surface area (Å²) >= 11 is 6.07. The van der Waals surface area contributed by atoms with Crippen LogP contribution in [0.15, 0.2) is 66.7 Å². The van der Waals surface area contributed by atoms with E-state index in [-0.39, 0.29) is 0 Å². The Morgan fingerprint density at radius 2 is 1.52 bits per heavy atom. The van der Waals surface area contributed by atoms with Crippen molar-refractivity contribution in [2.75, 3.05) is 0 Å². The van der Waals surface area contributed by atoms with Gasteiger partial charge in [0, 0.05) is 5.02 Å². The summed E-state index contributed by atoms with van der Waals surface area (Å²) in [6.07, 6.45) is 1.99. The molecule has 3 aromatic rings. The van der Waals surface area contributed by atoms with Gasteiger partial charge in [-0.05, 0) is 58.4 Å². The van der Waals surface area contributed by atoms with Gasteiger partial charge in [-0.2, -0.15) is 0 Å². The summed E-state index contributed by atoms with van der Waals surface area (Å²) < 4.78 is 0. The molecular weight excluding hydrogens is 276 g/mol. The predicted octanol–water partition coefficient (Wildman–Crippen LogP) is 5.50. The zero-order chi connectivity index (χ0) is 14.2. The lowest BCUT2D eigenvalue weighted by molar-refractivity contribution is 1.17. The average molecular weight is 291 g/mol. The first-order valence-corrected chi connectivity index (χ1v) is 7.62.